The van der Waals surface area contributed by atoms with Crippen LogP contribution in [0.15, 0.2) is 11.6 Å². The summed E-state index contributed by atoms with van der Waals surface area (Å²) in [6.07, 6.45) is 5.48. The van der Waals surface area contributed by atoms with Crippen molar-refractivity contribution in [2.45, 2.75) is 32.1 Å². The molecule has 1 N–H and O–H groups in total. The summed E-state index contributed by atoms with van der Waals surface area (Å²) in [6, 6.07) is 0. The van der Waals surface area contributed by atoms with Crippen molar-refractivity contribution in [1.82, 2.24) is 14.7 Å². The van der Waals surface area contributed by atoms with Crippen molar-refractivity contribution >= 4 is 28.1 Å². The Morgan fingerprint density at radius 1 is 1.59 bits per heavy atom. The summed E-state index contributed by atoms with van der Waals surface area (Å²) in [6.45, 7) is 6.33. The molecule has 1 atom stereocenters. The molecule has 0 aliphatic carbocycles. The Hall–Kier alpha value is -0.520. The highest BCUT2D eigenvalue weighted by Crippen LogP contribution is 2.16. The fourth-order valence-corrected chi connectivity index (χ4v) is 2.92. The summed E-state index contributed by atoms with van der Waals surface area (Å²) in [5.41, 5.74) is 2.43. The lowest BCUT2D eigenvalue weighted by Crippen LogP contribution is -2.19. The highest BCUT2D eigenvalue weighted by Gasteiger charge is 2.08. The summed E-state index contributed by atoms with van der Waals surface area (Å²) in [7, 11) is 0. The van der Waals surface area contributed by atoms with Gasteiger partial charge in [-0.3, -0.25) is 4.40 Å². The average Bonchev–Trinajstić information content (AvgIpc) is 2.86. The molecule has 3 nitrogen and oxygen atoms in total. The minimum atomic E-state index is 0.732. The van der Waals surface area contributed by atoms with Gasteiger partial charge in [0.15, 0.2) is 4.96 Å². The predicted molar refractivity (Wildman–Crippen MR) is 77.1 cm³/mol. The van der Waals surface area contributed by atoms with Crippen LogP contribution in [0.2, 0.25) is 0 Å². The van der Waals surface area contributed by atoms with Crippen molar-refractivity contribution in [2.75, 3.05) is 12.8 Å². The molecule has 0 aliphatic rings. The molecule has 0 aliphatic heterocycles. The van der Waals surface area contributed by atoms with E-state index in [9.17, 15) is 0 Å². The minimum absolute atomic E-state index is 0.732. The van der Waals surface area contributed by atoms with Gasteiger partial charge in [0.25, 0.3) is 0 Å². The van der Waals surface area contributed by atoms with Crippen molar-refractivity contribution in [3.8, 4) is 0 Å². The maximum atomic E-state index is 4.54. The quantitative estimate of drug-likeness (QED) is 0.818. The third kappa shape index (κ3) is 3.03. The third-order valence-electron chi connectivity index (χ3n) is 2.98. The molecule has 0 amide bonds. The van der Waals surface area contributed by atoms with E-state index in [-0.39, 0.29) is 0 Å². The van der Waals surface area contributed by atoms with Crippen molar-refractivity contribution in [3.63, 3.8) is 0 Å². The number of nitrogens with zero attached hydrogens (tertiary/aromatic N) is 2. The molecular formula is C12H19N3S2. The molecule has 5 heteroatoms. The van der Waals surface area contributed by atoms with Gasteiger partial charge in [-0.05, 0) is 26.1 Å². The lowest BCUT2D eigenvalue weighted by Gasteiger charge is -2.09. The molecule has 2 rings (SSSR count). The number of hydrogen-bond acceptors (Lipinski definition) is 4. The molecule has 0 aromatic carbocycles. The van der Waals surface area contributed by atoms with E-state index in [1.54, 1.807) is 11.3 Å². The monoisotopic (exact) mass is 269 g/mol. The van der Waals surface area contributed by atoms with E-state index >= 15 is 0 Å². The van der Waals surface area contributed by atoms with E-state index in [0.717, 1.165) is 29.0 Å². The molecule has 0 bridgehead atoms. The maximum Gasteiger partial charge on any atom is 0.194 e. The first-order valence-electron chi connectivity index (χ1n) is 5.87. The van der Waals surface area contributed by atoms with E-state index in [4.69, 9.17) is 0 Å². The zero-order valence-electron chi connectivity index (χ0n) is 10.6. The van der Waals surface area contributed by atoms with Crippen LogP contribution in [0.3, 0.4) is 0 Å². The zero-order chi connectivity index (χ0) is 12.3. The van der Waals surface area contributed by atoms with Gasteiger partial charge < -0.3 is 5.32 Å². The first kappa shape index (κ1) is 12.9. The Morgan fingerprint density at radius 3 is 3.18 bits per heavy atom. The minimum Gasteiger partial charge on any atom is -0.311 e. The van der Waals surface area contributed by atoms with Crippen LogP contribution in [-0.2, 0) is 6.54 Å². The number of aromatic nitrogens is 2. The van der Waals surface area contributed by atoms with Crippen LogP contribution in [0.1, 0.15) is 24.7 Å². The van der Waals surface area contributed by atoms with Crippen LogP contribution < -0.4 is 5.32 Å². The van der Waals surface area contributed by atoms with Gasteiger partial charge in [0.1, 0.15) is 0 Å². The fourth-order valence-electron chi connectivity index (χ4n) is 1.78. The number of aryl methyl sites for hydroxylation is 1. The van der Waals surface area contributed by atoms with Gasteiger partial charge in [0, 0.05) is 23.4 Å². The van der Waals surface area contributed by atoms with E-state index in [1.165, 1.54) is 12.1 Å². The van der Waals surface area contributed by atoms with Crippen LogP contribution in [0.5, 0.6) is 0 Å². The third-order valence-corrected chi connectivity index (χ3v) is 4.78. The van der Waals surface area contributed by atoms with Gasteiger partial charge in [0.05, 0.1) is 11.4 Å². The van der Waals surface area contributed by atoms with E-state index < -0.39 is 0 Å². The molecular weight excluding hydrogens is 250 g/mol. The largest absolute Gasteiger partial charge is 0.311 e. The second-order valence-electron chi connectivity index (χ2n) is 4.21. The number of thioether (sulfide) groups is 1. The molecule has 17 heavy (non-hydrogen) atoms. The van der Waals surface area contributed by atoms with Crippen LogP contribution in [-0.4, -0.2) is 27.4 Å². The Kier molecular flexibility index (Phi) is 4.48. The van der Waals surface area contributed by atoms with Crippen LogP contribution in [0, 0.1) is 6.92 Å². The Morgan fingerprint density at radius 2 is 2.41 bits per heavy atom. The Bertz CT molecular complexity index is 475. The Labute approximate surface area is 111 Å². The fraction of sp³-hybridized carbons (Fsp3) is 0.583. The molecule has 2 heterocycles. The molecule has 94 valence electrons. The molecule has 0 spiro atoms. The van der Waals surface area contributed by atoms with E-state index in [0.29, 0.717) is 0 Å². The van der Waals surface area contributed by atoms with Crippen molar-refractivity contribution < 1.29 is 0 Å². The van der Waals surface area contributed by atoms with Crippen LogP contribution in [0.25, 0.3) is 4.96 Å². The topological polar surface area (TPSA) is 29.3 Å². The van der Waals surface area contributed by atoms with Crippen LogP contribution in [0.4, 0.5) is 0 Å². The number of rotatable bonds is 6. The Balaban J connectivity index is 1.90. The molecule has 0 saturated heterocycles. The second kappa shape index (κ2) is 5.89. The SMILES string of the molecule is CSC(C)CCNCc1c(C)nc2sccn12. The van der Waals surface area contributed by atoms with E-state index in [2.05, 4.69) is 46.4 Å². The molecule has 0 fully saturated rings. The summed E-state index contributed by atoms with van der Waals surface area (Å²) in [5.74, 6) is 0. The highest BCUT2D eigenvalue weighted by atomic mass is 32.2. The smallest absolute Gasteiger partial charge is 0.194 e. The first-order valence-corrected chi connectivity index (χ1v) is 8.03. The lowest BCUT2D eigenvalue weighted by atomic mass is 10.3. The van der Waals surface area contributed by atoms with E-state index in [1.807, 2.05) is 11.8 Å². The molecule has 0 saturated carbocycles. The van der Waals surface area contributed by atoms with Crippen molar-refractivity contribution in [2.24, 2.45) is 0 Å². The van der Waals surface area contributed by atoms with Crippen LogP contribution >= 0.6 is 23.1 Å². The molecule has 2 aromatic rings. The van der Waals surface area contributed by atoms with Crippen molar-refractivity contribution in [3.05, 3.63) is 23.0 Å². The lowest BCUT2D eigenvalue weighted by molar-refractivity contribution is 0.635. The second-order valence-corrected chi connectivity index (χ2v) is 6.36. The molecule has 2 aromatic heterocycles. The number of hydrogen-bond donors (Lipinski definition) is 1. The highest BCUT2D eigenvalue weighted by molar-refractivity contribution is 7.99. The first-order chi connectivity index (χ1) is 8.22. The zero-order valence-corrected chi connectivity index (χ0v) is 12.2. The van der Waals surface area contributed by atoms with Gasteiger partial charge in [-0.2, -0.15) is 11.8 Å². The predicted octanol–water partition coefficient (Wildman–Crippen LogP) is 2.94. The summed E-state index contributed by atoms with van der Waals surface area (Å²) in [4.78, 5) is 5.63. The number of nitrogens with one attached hydrogen (secondary N) is 1. The summed E-state index contributed by atoms with van der Waals surface area (Å²) >= 11 is 3.61. The maximum absolute atomic E-state index is 4.54. The normalized spacial score (nSPS) is 13.4. The van der Waals surface area contributed by atoms with Gasteiger partial charge in [-0.25, -0.2) is 4.98 Å². The van der Waals surface area contributed by atoms with Gasteiger partial charge in [-0.1, -0.05) is 6.92 Å². The number of fused-ring (bicyclic) bond motifs is 1. The van der Waals surface area contributed by atoms with Crippen molar-refractivity contribution in [1.29, 1.82) is 0 Å². The van der Waals surface area contributed by atoms with Gasteiger partial charge in [0.2, 0.25) is 0 Å². The van der Waals surface area contributed by atoms with Gasteiger partial charge in [-0.15, -0.1) is 11.3 Å². The molecule has 1 unspecified atom stereocenters. The standard InChI is InChI=1S/C12H19N3S2/c1-9(16-3)4-5-13-8-11-10(2)14-12-15(11)6-7-17-12/h6-7,9,13H,4-5,8H2,1-3H3. The molecule has 0 radical (unpaired) electrons. The summed E-state index contributed by atoms with van der Waals surface area (Å²) in [5, 5.41) is 6.32. The number of thiazole rings is 1. The average molecular weight is 269 g/mol. The van der Waals surface area contributed by atoms with Gasteiger partial charge >= 0.3 is 0 Å². The summed E-state index contributed by atoms with van der Waals surface area (Å²) < 4.78 is 2.19. The number of imidazole rings is 1.